The number of nitrogens with one attached hydrogen (secondary N) is 1. The molecule has 1 aliphatic heterocycles. The first-order chi connectivity index (χ1) is 10.7. The quantitative estimate of drug-likeness (QED) is 0.658. The zero-order valence-electron chi connectivity index (χ0n) is 12.9. The maximum atomic E-state index is 6.49. The van der Waals surface area contributed by atoms with E-state index >= 15 is 0 Å². The van der Waals surface area contributed by atoms with Gasteiger partial charge in [-0.15, -0.1) is 0 Å². The summed E-state index contributed by atoms with van der Waals surface area (Å²) < 4.78 is 0. The SMILES string of the molecule is Cc1ccc2c(c1C)N[C@H](c1ccccc1Cl)[C@H]1CC=C[C@@H]21. The minimum Gasteiger partial charge on any atom is -0.377 e. The molecule has 1 N–H and O–H groups in total. The van der Waals surface area contributed by atoms with Crippen LogP contribution >= 0.6 is 11.6 Å². The monoisotopic (exact) mass is 309 g/mol. The topological polar surface area (TPSA) is 12.0 Å². The molecule has 3 atom stereocenters. The summed E-state index contributed by atoms with van der Waals surface area (Å²) in [6.07, 6.45) is 5.81. The second kappa shape index (κ2) is 5.17. The van der Waals surface area contributed by atoms with E-state index in [0.717, 1.165) is 11.4 Å². The number of benzene rings is 2. The Bertz CT molecular complexity index is 762. The summed E-state index contributed by atoms with van der Waals surface area (Å²) in [5.41, 5.74) is 6.65. The van der Waals surface area contributed by atoms with Crippen molar-refractivity contribution in [3.63, 3.8) is 0 Å². The van der Waals surface area contributed by atoms with Gasteiger partial charge in [0.25, 0.3) is 0 Å². The molecular weight excluding hydrogens is 290 g/mol. The normalized spacial score (nSPS) is 25.5. The molecule has 4 rings (SSSR count). The predicted molar refractivity (Wildman–Crippen MR) is 93.7 cm³/mol. The molecule has 0 amide bonds. The third kappa shape index (κ3) is 1.99. The number of fused-ring (bicyclic) bond motifs is 3. The summed E-state index contributed by atoms with van der Waals surface area (Å²) in [6, 6.07) is 13.1. The van der Waals surface area contributed by atoms with Gasteiger partial charge in [-0.05, 0) is 54.5 Å². The Hall–Kier alpha value is -1.73. The van der Waals surface area contributed by atoms with Crippen molar-refractivity contribution in [1.82, 2.24) is 0 Å². The standard InChI is InChI=1S/C20H20ClN/c1-12-10-11-16-14-7-5-8-15(14)20(22-19(16)13(12)2)17-6-3-4-9-18(17)21/h3-7,9-11,14-15,20,22H,8H2,1-2H3/t14-,15+,20+/m1/s1. The Labute approximate surface area is 137 Å². The molecule has 0 fully saturated rings. The van der Waals surface area contributed by atoms with Gasteiger partial charge in [-0.1, -0.05) is 54.1 Å². The summed E-state index contributed by atoms with van der Waals surface area (Å²) in [6.45, 7) is 4.39. The molecule has 1 nitrogen and oxygen atoms in total. The highest BCUT2D eigenvalue weighted by atomic mass is 35.5. The number of hydrogen-bond donors (Lipinski definition) is 1. The Kier molecular flexibility index (Phi) is 3.27. The average Bonchev–Trinajstić information content (AvgIpc) is 3.00. The van der Waals surface area contributed by atoms with Crippen molar-refractivity contribution < 1.29 is 0 Å². The van der Waals surface area contributed by atoms with E-state index in [1.807, 2.05) is 12.1 Å². The lowest BCUT2D eigenvalue weighted by atomic mass is 9.76. The van der Waals surface area contributed by atoms with E-state index in [-0.39, 0.29) is 6.04 Å². The lowest BCUT2D eigenvalue weighted by molar-refractivity contribution is 0.425. The molecule has 2 aromatic carbocycles. The molecule has 1 heterocycles. The van der Waals surface area contributed by atoms with Crippen molar-refractivity contribution in [2.24, 2.45) is 5.92 Å². The fraction of sp³-hybridized carbons (Fsp3) is 0.300. The van der Waals surface area contributed by atoms with Crippen LogP contribution in [-0.4, -0.2) is 0 Å². The molecule has 2 heteroatoms. The zero-order valence-corrected chi connectivity index (χ0v) is 13.7. The third-order valence-corrected chi connectivity index (χ3v) is 5.65. The van der Waals surface area contributed by atoms with Gasteiger partial charge < -0.3 is 5.32 Å². The zero-order chi connectivity index (χ0) is 15.3. The molecule has 2 aliphatic rings. The van der Waals surface area contributed by atoms with E-state index in [4.69, 9.17) is 11.6 Å². The summed E-state index contributed by atoms with van der Waals surface area (Å²) in [4.78, 5) is 0. The van der Waals surface area contributed by atoms with E-state index in [1.54, 1.807) is 0 Å². The molecule has 22 heavy (non-hydrogen) atoms. The number of hydrogen-bond acceptors (Lipinski definition) is 1. The van der Waals surface area contributed by atoms with Crippen LogP contribution in [0.2, 0.25) is 5.02 Å². The first kappa shape index (κ1) is 13.9. The molecule has 112 valence electrons. The molecule has 0 saturated heterocycles. The predicted octanol–water partition coefficient (Wildman–Crippen LogP) is 5.78. The third-order valence-electron chi connectivity index (χ3n) is 5.31. The minimum atomic E-state index is 0.279. The van der Waals surface area contributed by atoms with Crippen LogP contribution in [0, 0.1) is 19.8 Å². The maximum absolute atomic E-state index is 6.49. The van der Waals surface area contributed by atoms with Gasteiger partial charge in [-0.25, -0.2) is 0 Å². The first-order valence-corrected chi connectivity index (χ1v) is 8.32. The molecule has 2 aromatic rings. The minimum absolute atomic E-state index is 0.279. The Morgan fingerprint density at radius 1 is 1.05 bits per heavy atom. The van der Waals surface area contributed by atoms with Crippen LogP contribution < -0.4 is 5.32 Å². The van der Waals surface area contributed by atoms with Crippen LogP contribution in [0.4, 0.5) is 5.69 Å². The van der Waals surface area contributed by atoms with Crippen LogP contribution in [-0.2, 0) is 0 Å². The van der Waals surface area contributed by atoms with Crippen molar-refractivity contribution >= 4 is 17.3 Å². The second-order valence-electron chi connectivity index (χ2n) is 6.47. The van der Waals surface area contributed by atoms with Crippen molar-refractivity contribution in [2.45, 2.75) is 32.2 Å². The van der Waals surface area contributed by atoms with Gasteiger partial charge in [-0.3, -0.25) is 0 Å². The van der Waals surface area contributed by atoms with Gasteiger partial charge in [0.15, 0.2) is 0 Å². The van der Waals surface area contributed by atoms with Gasteiger partial charge in [0, 0.05) is 16.6 Å². The van der Waals surface area contributed by atoms with Gasteiger partial charge in [0.2, 0.25) is 0 Å². The van der Waals surface area contributed by atoms with Crippen LogP contribution in [0.15, 0.2) is 48.6 Å². The fourth-order valence-corrected chi connectivity index (χ4v) is 4.21. The molecule has 0 saturated carbocycles. The van der Waals surface area contributed by atoms with E-state index in [1.165, 1.54) is 27.9 Å². The molecule has 0 aromatic heterocycles. The van der Waals surface area contributed by atoms with Crippen LogP contribution in [0.25, 0.3) is 0 Å². The van der Waals surface area contributed by atoms with Gasteiger partial charge in [0.1, 0.15) is 0 Å². The van der Waals surface area contributed by atoms with E-state index in [0.29, 0.717) is 11.8 Å². The van der Waals surface area contributed by atoms with Crippen molar-refractivity contribution in [3.8, 4) is 0 Å². The second-order valence-corrected chi connectivity index (χ2v) is 6.88. The number of aryl methyl sites for hydroxylation is 1. The number of rotatable bonds is 1. The van der Waals surface area contributed by atoms with Gasteiger partial charge in [0.05, 0.1) is 6.04 Å². The summed E-state index contributed by atoms with van der Waals surface area (Å²) in [5, 5.41) is 4.67. The molecule has 0 radical (unpaired) electrons. The van der Waals surface area contributed by atoms with Crippen molar-refractivity contribution in [3.05, 3.63) is 75.8 Å². The molecular formula is C20H20ClN. The summed E-state index contributed by atoms with van der Waals surface area (Å²) in [5.74, 6) is 1.05. The Morgan fingerprint density at radius 3 is 2.68 bits per heavy atom. The Morgan fingerprint density at radius 2 is 1.86 bits per heavy atom. The van der Waals surface area contributed by atoms with Crippen molar-refractivity contribution in [1.29, 1.82) is 0 Å². The van der Waals surface area contributed by atoms with E-state index < -0.39 is 0 Å². The molecule has 0 bridgehead atoms. The molecule has 0 spiro atoms. The fourth-order valence-electron chi connectivity index (χ4n) is 3.95. The average molecular weight is 310 g/mol. The van der Waals surface area contributed by atoms with Gasteiger partial charge in [-0.2, -0.15) is 0 Å². The van der Waals surface area contributed by atoms with Crippen LogP contribution in [0.3, 0.4) is 0 Å². The summed E-state index contributed by atoms with van der Waals surface area (Å²) >= 11 is 6.49. The first-order valence-electron chi connectivity index (χ1n) is 7.94. The van der Waals surface area contributed by atoms with E-state index in [2.05, 4.69) is 55.6 Å². The number of halogens is 1. The van der Waals surface area contributed by atoms with Crippen LogP contribution in [0.5, 0.6) is 0 Å². The van der Waals surface area contributed by atoms with E-state index in [9.17, 15) is 0 Å². The lowest BCUT2D eigenvalue weighted by Gasteiger charge is -2.39. The smallest absolute Gasteiger partial charge is 0.0568 e. The number of allylic oxidation sites excluding steroid dienone is 2. The molecule has 1 aliphatic carbocycles. The van der Waals surface area contributed by atoms with Crippen LogP contribution in [0.1, 0.15) is 40.6 Å². The number of anilines is 1. The highest BCUT2D eigenvalue weighted by molar-refractivity contribution is 6.31. The molecule has 0 unspecified atom stereocenters. The lowest BCUT2D eigenvalue weighted by Crippen LogP contribution is -2.30. The summed E-state index contributed by atoms with van der Waals surface area (Å²) in [7, 11) is 0. The van der Waals surface area contributed by atoms with Gasteiger partial charge >= 0.3 is 0 Å². The maximum Gasteiger partial charge on any atom is 0.0568 e. The highest BCUT2D eigenvalue weighted by Gasteiger charge is 2.39. The van der Waals surface area contributed by atoms with Crippen molar-refractivity contribution in [2.75, 3.05) is 5.32 Å². The largest absolute Gasteiger partial charge is 0.377 e. The highest BCUT2D eigenvalue weighted by Crippen LogP contribution is 2.51. The Balaban J connectivity index is 1.87.